The Labute approximate surface area is 143 Å². The summed E-state index contributed by atoms with van der Waals surface area (Å²) in [6, 6.07) is 13.9. The van der Waals surface area contributed by atoms with Gasteiger partial charge in [0.15, 0.2) is 5.78 Å². The molecule has 0 saturated carbocycles. The molecule has 0 bridgehead atoms. The number of anilines is 1. The molecule has 0 aliphatic rings. The molecule has 6 heteroatoms. The number of urea groups is 1. The van der Waals surface area contributed by atoms with Crippen molar-refractivity contribution in [3.05, 3.63) is 58.6 Å². The summed E-state index contributed by atoms with van der Waals surface area (Å²) < 4.78 is 6.46. The highest BCUT2D eigenvalue weighted by Gasteiger charge is 2.03. The van der Waals surface area contributed by atoms with Gasteiger partial charge in [0.05, 0.1) is 6.54 Å². The van der Waals surface area contributed by atoms with Crippen LogP contribution in [0.5, 0.6) is 5.75 Å². The van der Waals surface area contributed by atoms with Crippen molar-refractivity contribution in [2.45, 2.75) is 6.92 Å². The molecule has 0 fully saturated rings. The number of amides is 2. The lowest BCUT2D eigenvalue weighted by Gasteiger charge is -2.09. The van der Waals surface area contributed by atoms with E-state index in [9.17, 15) is 9.59 Å². The maximum Gasteiger partial charge on any atom is 0.319 e. The predicted octanol–water partition coefficient (Wildman–Crippen LogP) is 3.85. The molecular weight excluding hydrogens is 360 g/mol. The second-order valence-corrected chi connectivity index (χ2v) is 5.74. The second-order valence-electron chi connectivity index (χ2n) is 4.82. The van der Waals surface area contributed by atoms with Gasteiger partial charge in [-0.1, -0.05) is 22.0 Å². The van der Waals surface area contributed by atoms with Crippen molar-refractivity contribution in [2.75, 3.05) is 18.5 Å². The van der Waals surface area contributed by atoms with Crippen molar-refractivity contribution in [3.63, 3.8) is 0 Å². The van der Waals surface area contributed by atoms with E-state index in [1.807, 2.05) is 24.3 Å². The van der Waals surface area contributed by atoms with Crippen molar-refractivity contribution in [1.29, 1.82) is 0 Å². The third-order valence-corrected chi connectivity index (χ3v) is 3.49. The molecular formula is C17H17BrN2O3. The van der Waals surface area contributed by atoms with Crippen LogP contribution in [0.15, 0.2) is 53.0 Å². The molecule has 0 heterocycles. The first kappa shape index (κ1) is 17.0. The summed E-state index contributed by atoms with van der Waals surface area (Å²) in [4.78, 5) is 22.9. The molecule has 5 nitrogen and oxygen atoms in total. The number of carbonyl (C=O) groups excluding carboxylic acids is 2. The van der Waals surface area contributed by atoms with Crippen molar-refractivity contribution >= 4 is 33.4 Å². The highest BCUT2D eigenvalue weighted by molar-refractivity contribution is 9.10. The van der Waals surface area contributed by atoms with Crippen LogP contribution < -0.4 is 15.4 Å². The van der Waals surface area contributed by atoms with Gasteiger partial charge < -0.3 is 15.4 Å². The zero-order valence-electron chi connectivity index (χ0n) is 12.6. The summed E-state index contributed by atoms with van der Waals surface area (Å²) in [7, 11) is 0. The quantitative estimate of drug-likeness (QED) is 0.594. The van der Waals surface area contributed by atoms with Crippen LogP contribution in [0.25, 0.3) is 0 Å². The Morgan fingerprint density at radius 2 is 1.87 bits per heavy atom. The van der Waals surface area contributed by atoms with Crippen LogP contribution in [-0.2, 0) is 0 Å². The highest BCUT2D eigenvalue weighted by Crippen LogP contribution is 2.17. The normalized spacial score (nSPS) is 10.0. The summed E-state index contributed by atoms with van der Waals surface area (Å²) in [6.45, 7) is 2.25. The fraction of sp³-hybridized carbons (Fsp3) is 0.176. The van der Waals surface area contributed by atoms with Crippen molar-refractivity contribution < 1.29 is 14.3 Å². The minimum absolute atomic E-state index is 0.00861. The zero-order valence-corrected chi connectivity index (χ0v) is 14.2. The minimum atomic E-state index is -0.321. The average molecular weight is 377 g/mol. The molecule has 0 aliphatic heterocycles. The van der Waals surface area contributed by atoms with Crippen LogP contribution in [0.1, 0.15) is 17.3 Å². The van der Waals surface area contributed by atoms with Gasteiger partial charge in [0.25, 0.3) is 0 Å². The van der Waals surface area contributed by atoms with E-state index in [2.05, 4.69) is 26.6 Å². The number of carbonyl (C=O) groups is 2. The molecule has 0 aromatic heterocycles. The highest BCUT2D eigenvalue weighted by atomic mass is 79.9. The Kier molecular flexibility index (Phi) is 6.17. The summed E-state index contributed by atoms with van der Waals surface area (Å²) in [5.41, 5.74) is 1.23. The number of nitrogens with one attached hydrogen (secondary N) is 2. The van der Waals surface area contributed by atoms with E-state index in [-0.39, 0.29) is 11.8 Å². The Balaban J connectivity index is 1.71. The van der Waals surface area contributed by atoms with Crippen LogP contribution in [0.3, 0.4) is 0 Å². The van der Waals surface area contributed by atoms with Gasteiger partial charge in [-0.15, -0.1) is 0 Å². The average Bonchev–Trinajstić information content (AvgIpc) is 2.52. The zero-order chi connectivity index (χ0) is 16.7. The number of Topliss-reactive ketones (excluding diaryl/α,β-unsaturated/α-hetero) is 1. The van der Waals surface area contributed by atoms with Gasteiger partial charge in [-0.25, -0.2) is 4.79 Å². The van der Waals surface area contributed by atoms with Crippen LogP contribution in [0.4, 0.5) is 10.5 Å². The lowest BCUT2D eigenvalue weighted by molar-refractivity contribution is 0.101. The molecule has 0 radical (unpaired) electrons. The van der Waals surface area contributed by atoms with Gasteiger partial charge in [0.2, 0.25) is 0 Å². The van der Waals surface area contributed by atoms with E-state index in [0.717, 1.165) is 10.2 Å². The third-order valence-electron chi connectivity index (χ3n) is 3.00. The van der Waals surface area contributed by atoms with Gasteiger partial charge in [-0.3, -0.25) is 4.79 Å². The van der Waals surface area contributed by atoms with Crippen LogP contribution in [0, 0.1) is 0 Å². The van der Waals surface area contributed by atoms with Gasteiger partial charge in [-0.2, -0.15) is 0 Å². The van der Waals surface area contributed by atoms with E-state index in [0.29, 0.717) is 24.4 Å². The minimum Gasteiger partial charge on any atom is -0.492 e. The number of halogens is 1. The molecule has 2 amide bonds. The van der Waals surface area contributed by atoms with Crippen molar-refractivity contribution in [1.82, 2.24) is 5.32 Å². The maximum atomic E-state index is 11.7. The number of benzene rings is 2. The summed E-state index contributed by atoms with van der Waals surface area (Å²) in [6.07, 6.45) is 0. The first-order valence-corrected chi connectivity index (χ1v) is 7.88. The largest absolute Gasteiger partial charge is 0.492 e. The van der Waals surface area contributed by atoms with Crippen LogP contribution >= 0.6 is 15.9 Å². The molecule has 2 aromatic carbocycles. The molecule has 120 valence electrons. The van der Waals surface area contributed by atoms with Crippen molar-refractivity contribution in [3.8, 4) is 5.75 Å². The summed E-state index contributed by atoms with van der Waals surface area (Å²) in [5, 5.41) is 5.39. The van der Waals surface area contributed by atoms with E-state index in [4.69, 9.17) is 4.74 Å². The van der Waals surface area contributed by atoms with Crippen LogP contribution in [-0.4, -0.2) is 25.0 Å². The molecule has 0 unspecified atom stereocenters. The van der Waals surface area contributed by atoms with E-state index in [1.165, 1.54) is 6.92 Å². The maximum absolute atomic E-state index is 11.7. The van der Waals surface area contributed by atoms with E-state index < -0.39 is 0 Å². The molecule has 23 heavy (non-hydrogen) atoms. The van der Waals surface area contributed by atoms with Crippen molar-refractivity contribution in [2.24, 2.45) is 0 Å². The number of hydrogen-bond acceptors (Lipinski definition) is 3. The molecule has 2 N–H and O–H groups in total. The SMILES string of the molecule is CC(=O)c1ccc(NC(=O)NCCOc2cccc(Br)c2)cc1. The molecule has 0 aliphatic carbocycles. The van der Waals surface area contributed by atoms with Crippen LogP contribution in [0.2, 0.25) is 0 Å². The second kappa shape index (κ2) is 8.33. The standard InChI is InChI=1S/C17H17BrN2O3/c1-12(21)13-5-7-15(8-6-13)20-17(22)19-9-10-23-16-4-2-3-14(18)11-16/h2-8,11H,9-10H2,1H3,(H2,19,20,22). The first-order valence-electron chi connectivity index (χ1n) is 7.09. The van der Waals surface area contributed by atoms with E-state index >= 15 is 0 Å². The Morgan fingerprint density at radius 3 is 2.52 bits per heavy atom. The van der Waals surface area contributed by atoms with Gasteiger partial charge in [-0.05, 0) is 49.4 Å². The summed E-state index contributed by atoms with van der Waals surface area (Å²) in [5.74, 6) is 0.729. The Bertz CT molecular complexity index is 686. The molecule has 0 spiro atoms. The lowest BCUT2D eigenvalue weighted by atomic mass is 10.1. The number of ether oxygens (including phenoxy) is 1. The topological polar surface area (TPSA) is 67.4 Å². The smallest absolute Gasteiger partial charge is 0.319 e. The predicted molar refractivity (Wildman–Crippen MR) is 93.1 cm³/mol. The van der Waals surface area contributed by atoms with E-state index in [1.54, 1.807) is 24.3 Å². The Morgan fingerprint density at radius 1 is 1.13 bits per heavy atom. The van der Waals surface area contributed by atoms with Gasteiger partial charge in [0.1, 0.15) is 12.4 Å². The summed E-state index contributed by atoms with van der Waals surface area (Å²) >= 11 is 3.36. The fourth-order valence-electron chi connectivity index (χ4n) is 1.85. The van der Waals surface area contributed by atoms with Gasteiger partial charge in [0, 0.05) is 15.7 Å². The number of hydrogen-bond donors (Lipinski definition) is 2. The first-order chi connectivity index (χ1) is 11.0. The fourth-order valence-corrected chi connectivity index (χ4v) is 2.23. The number of ketones is 1. The molecule has 2 rings (SSSR count). The molecule has 2 aromatic rings. The number of rotatable bonds is 6. The molecule has 0 saturated heterocycles. The lowest BCUT2D eigenvalue weighted by Crippen LogP contribution is -2.32. The van der Waals surface area contributed by atoms with Gasteiger partial charge >= 0.3 is 6.03 Å². The third kappa shape index (κ3) is 5.75. The Hall–Kier alpha value is -2.34. The monoisotopic (exact) mass is 376 g/mol. The molecule has 0 atom stereocenters.